The first kappa shape index (κ1) is 35.6. The van der Waals surface area contributed by atoms with Gasteiger partial charge in [-0.2, -0.15) is 5.10 Å². The smallest absolute Gasteiger partial charge is 0.236 e. The summed E-state index contributed by atoms with van der Waals surface area (Å²) in [6.07, 6.45) is 5.86. The van der Waals surface area contributed by atoms with Gasteiger partial charge in [-0.3, -0.25) is 19.6 Å². The number of hydrogen-bond acceptors (Lipinski definition) is 9. The van der Waals surface area contributed by atoms with Crippen LogP contribution in [-0.2, 0) is 19.4 Å². The van der Waals surface area contributed by atoms with Crippen LogP contribution in [0, 0.1) is 5.82 Å². The van der Waals surface area contributed by atoms with Gasteiger partial charge in [-0.1, -0.05) is 0 Å². The number of sulfone groups is 1. The molecular formula is C37H41FN8O4S. The van der Waals surface area contributed by atoms with Crippen molar-refractivity contribution in [1.82, 2.24) is 30.0 Å². The normalized spacial score (nSPS) is 13.5. The van der Waals surface area contributed by atoms with Gasteiger partial charge >= 0.3 is 0 Å². The first-order valence-electron chi connectivity index (χ1n) is 17.0. The summed E-state index contributed by atoms with van der Waals surface area (Å²) in [5, 5.41) is 11.1. The van der Waals surface area contributed by atoms with Crippen molar-refractivity contribution in [2.45, 2.75) is 19.3 Å². The van der Waals surface area contributed by atoms with E-state index in [2.05, 4.69) is 30.4 Å². The molecule has 5 aromatic rings. The third kappa shape index (κ3) is 9.73. The van der Waals surface area contributed by atoms with Crippen molar-refractivity contribution < 1.29 is 22.4 Å². The quantitative estimate of drug-likeness (QED) is 0.158. The van der Waals surface area contributed by atoms with E-state index in [0.717, 1.165) is 27.7 Å². The molecule has 0 aliphatic carbocycles. The molecule has 51 heavy (non-hydrogen) atoms. The number of rotatable bonds is 14. The van der Waals surface area contributed by atoms with E-state index in [4.69, 9.17) is 0 Å². The number of halogens is 1. The fraction of sp³-hybridized carbons (Fsp3) is 0.324. The molecule has 0 atom stereocenters. The zero-order valence-corrected chi connectivity index (χ0v) is 29.3. The summed E-state index contributed by atoms with van der Waals surface area (Å²) >= 11 is 0. The molecule has 266 valence electrons. The van der Waals surface area contributed by atoms with Crippen molar-refractivity contribution in [2.75, 3.05) is 68.0 Å². The van der Waals surface area contributed by atoms with Crippen LogP contribution in [0.1, 0.15) is 19.3 Å². The maximum absolute atomic E-state index is 13.5. The molecule has 2 amide bonds. The van der Waals surface area contributed by atoms with Gasteiger partial charge in [-0.15, -0.1) is 0 Å². The van der Waals surface area contributed by atoms with Crippen LogP contribution in [0.4, 0.5) is 15.8 Å². The zero-order valence-electron chi connectivity index (χ0n) is 28.5. The van der Waals surface area contributed by atoms with Crippen LogP contribution >= 0.6 is 0 Å². The molecule has 0 radical (unpaired) electrons. The minimum Gasteiger partial charge on any atom is -0.368 e. The Labute approximate surface area is 296 Å². The Balaban J connectivity index is 1.03. The molecule has 1 aliphatic rings. The van der Waals surface area contributed by atoms with E-state index in [1.165, 1.54) is 18.4 Å². The van der Waals surface area contributed by atoms with Crippen LogP contribution in [0.2, 0.25) is 0 Å². The highest BCUT2D eigenvalue weighted by atomic mass is 32.2. The third-order valence-electron chi connectivity index (χ3n) is 8.91. The predicted octanol–water partition coefficient (Wildman–Crippen LogP) is 4.63. The van der Waals surface area contributed by atoms with Gasteiger partial charge in [-0.25, -0.2) is 22.8 Å². The lowest BCUT2D eigenvalue weighted by Crippen LogP contribution is -2.51. The largest absolute Gasteiger partial charge is 0.368 e. The number of carbonyl (C=O) groups is 2. The zero-order chi connectivity index (χ0) is 35.8. The van der Waals surface area contributed by atoms with Crippen LogP contribution in [-0.4, -0.2) is 108 Å². The van der Waals surface area contributed by atoms with Gasteiger partial charge in [0.1, 0.15) is 15.7 Å². The lowest BCUT2D eigenvalue weighted by molar-refractivity contribution is -0.133. The molecule has 12 nitrogen and oxygen atoms in total. The van der Waals surface area contributed by atoms with Gasteiger partial charge in [0.25, 0.3) is 0 Å². The molecule has 3 aromatic carbocycles. The summed E-state index contributed by atoms with van der Waals surface area (Å²) in [6.45, 7) is 3.49. The fourth-order valence-electron chi connectivity index (χ4n) is 6.15. The number of unbranched alkanes of at least 4 members (excludes halogenated alkanes) is 1. The lowest BCUT2D eigenvalue weighted by atomic mass is 10.1. The van der Waals surface area contributed by atoms with Gasteiger partial charge < -0.3 is 15.1 Å². The molecule has 1 fully saturated rings. The first-order chi connectivity index (χ1) is 24.6. The van der Waals surface area contributed by atoms with Crippen molar-refractivity contribution >= 4 is 43.9 Å². The summed E-state index contributed by atoms with van der Waals surface area (Å²) in [4.78, 5) is 41.2. The van der Waals surface area contributed by atoms with Crippen molar-refractivity contribution in [2.24, 2.45) is 0 Å². The topological polar surface area (TPSA) is 144 Å². The van der Waals surface area contributed by atoms with E-state index in [9.17, 15) is 22.4 Å². The molecular weight excluding hydrogens is 672 g/mol. The summed E-state index contributed by atoms with van der Waals surface area (Å²) in [6, 6.07) is 21.4. The SMILES string of the molecule is CS(=O)(=O)CCCCN(CCC(=O)Nc1ccc2[nH]nc(-c3ccc(F)cc3)c2c1)CC(=O)N1CCN(c2ccc(-c3ncccn3)cc2)CC1. The number of anilines is 2. The monoisotopic (exact) mass is 712 g/mol. The Hall–Kier alpha value is -5.21. The number of piperazine rings is 1. The second kappa shape index (κ2) is 16.2. The van der Waals surface area contributed by atoms with Gasteiger partial charge in [0, 0.05) is 91.4 Å². The van der Waals surface area contributed by atoms with E-state index in [1.807, 2.05) is 46.2 Å². The lowest BCUT2D eigenvalue weighted by Gasteiger charge is -2.37. The van der Waals surface area contributed by atoms with Crippen LogP contribution in [0.25, 0.3) is 33.5 Å². The van der Waals surface area contributed by atoms with Gasteiger partial charge in [-0.05, 0) is 92.2 Å². The second-order valence-electron chi connectivity index (χ2n) is 12.7. The number of hydrogen-bond donors (Lipinski definition) is 2. The molecule has 6 rings (SSSR count). The van der Waals surface area contributed by atoms with Gasteiger partial charge in [0.15, 0.2) is 5.82 Å². The first-order valence-corrected chi connectivity index (χ1v) is 19.0. The highest BCUT2D eigenvalue weighted by molar-refractivity contribution is 7.90. The molecule has 2 N–H and O–H groups in total. The summed E-state index contributed by atoms with van der Waals surface area (Å²) in [7, 11) is -3.09. The molecule has 1 saturated heterocycles. The number of H-pyrrole nitrogens is 1. The van der Waals surface area contributed by atoms with Crippen molar-refractivity contribution in [3.05, 3.63) is 91.0 Å². The molecule has 0 saturated carbocycles. The summed E-state index contributed by atoms with van der Waals surface area (Å²) in [5.41, 5.74) is 4.78. The van der Waals surface area contributed by atoms with Gasteiger partial charge in [0.05, 0.1) is 17.8 Å². The maximum atomic E-state index is 13.5. The molecule has 2 aromatic heterocycles. The van der Waals surface area contributed by atoms with Crippen LogP contribution < -0.4 is 10.2 Å². The number of amides is 2. The summed E-state index contributed by atoms with van der Waals surface area (Å²) in [5.74, 6) is 0.178. The predicted molar refractivity (Wildman–Crippen MR) is 196 cm³/mol. The number of carbonyl (C=O) groups excluding carboxylic acids is 2. The van der Waals surface area contributed by atoms with Gasteiger partial charge in [0.2, 0.25) is 11.8 Å². The molecule has 0 bridgehead atoms. The maximum Gasteiger partial charge on any atom is 0.236 e. The van der Waals surface area contributed by atoms with Crippen LogP contribution in [0.3, 0.4) is 0 Å². The Morgan fingerprint density at radius 1 is 0.902 bits per heavy atom. The van der Waals surface area contributed by atoms with E-state index >= 15 is 0 Å². The Bertz CT molecular complexity index is 2050. The fourth-order valence-corrected chi connectivity index (χ4v) is 6.88. The number of aromatic nitrogens is 4. The average molecular weight is 713 g/mol. The number of fused-ring (bicyclic) bond motifs is 1. The van der Waals surface area contributed by atoms with Crippen LogP contribution in [0.15, 0.2) is 85.2 Å². The molecule has 3 heterocycles. The molecule has 0 spiro atoms. The van der Waals surface area contributed by atoms with E-state index in [0.29, 0.717) is 69.3 Å². The second-order valence-corrected chi connectivity index (χ2v) is 15.0. The highest BCUT2D eigenvalue weighted by Crippen LogP contribution is 2.29. The Kier molecular flexibility index (Phi) is 11.3. The van der Waals surface area contributed by atoms with E-state index in [1.54, 1.807) is 36.7 Å². The standard InChI is InChI=1S/C37H41FN8O4S/c1-51(49,50)24-3-2-18-44(19-15-34(47)41-30-11-14-33-32(25-30)36(43-42-33)27-5-9-29(38)10-6-27)26-35(48)46-22-20-45(21-23-46)31-12-7-28(8-13-31)37-39-16-4-17-40-37/h4-14,16-17,25H,2-3,15,18-24,26H2,1H3,(H,41,47)(H,42,43). The van der Waals surface area contributed by atoms with E-state index in [-0.39, 0.29) is 36.4 Å². The van der Waals surface area contributed by atoms with E-state index < -0.39 is 9.84 Å². The minimum atomic E-state index is -3.09. The Morgan fingerprint density at radius 3 is 2.31 bits per heavy atom. The average Bonchev–Trinajstić information content (AvgIpc) is 3.56. The number of aromatic amines is 1. The van der Waals surface area contributed by atoms with Crippen molar-refractivity contribution in [3.8, 4) is 22.6 Å². The number of benzene rings is 3. The van der Waals surface area contributed by atoms with Crippen molar-refractivity contribution in [3.63, 3.8) is 0 Å². The van der Waals surface area contributed by atoms with Crippen LogP contribution in [0.5, 0.6) is 0 Å². The number of nitrogens with one attached hydrogen (secondary N) is 2. The highest BCUT2D eigenvalue weighted by Gasteiger charge is 2.24. The Morgan fingerprint density at radius 2 is 1.61 bits per heavy atom. The summed E-state index contributed by atoms with van der Waals surface area (Å²) < 4.78 is 36.8. The molecule has 0 unspecified atom stereocenters. The molecule has 1 aliphatic heterocycles. The van der Waals surface area contributed by atoms with Crippen molar-refractivity contribution in [1.29, 1.82) is 0 Å². The minimum absolute atomic E-state index is 0.0199. The third-order valence-corrected chi connectivity index (χ3v) is 9.94. The number of nitrogens with zero attached hydrogens (tertiary/aromatic N) is 6. The molecule has 14 heteroatoms.